The van der Waals surface area contributed by atoms with Crippen molar-refractivity contribution in [3.05, 3.63) is 0 Å². The van der Waals surface area contributed by atoms with Crippen LogP contribution in [0.25, 0.3) is 0 Å². The maximum absolute atomic E-state index is 11.9. The number of nitrogens with one attached hydrogen (secondary N) is 1. The Kier molecular flexibility index (Phi) is 1.49. The van der Waals surface area contributed by atoms with Crippen LogP contribution in [0.1, 0.15) is 6.42 Å². The lowest BCUT2D eigenvalue weighted by Gasteiger charge is -2.16. The second-order valence-electron chi connectivity index (χ2n) is 2.42. The highest BCUT2D eigenvalue weighted by atomic mass is 19.1. The third-order valence-corrected chi connectivity index (χ3v) is 1.54. The molecule has 1 atom stereocenters. The van der Waals surface area contributed by atoms with E-state index in [1.165, 1.54) is 0 Å². The Hall–Kier alpha value is -0.150. The Morgan fingerprint density at radius 2 is 2.50 bits per heavy atom. The van der Waals surface area contributed by atoms with Gasteiger partial charge in [-0.15, -0.1) is 0 Å². The number of hydrogen-bond acceptors (Lipinski definition) is 2. The lowest BCUT2D eigenvalue weighted by molar-refractivity contribution is 0.328. The summed E-state index contributed by atoms with van der Waals surface area (Å²) in [4.78, 5) is 0. The average molecular weight is 118 g/mol. The van der Waals surface area contributed by atoms with Crippen molar-refractivity contribution >= 4 is 0 Å². The first-order valence-electron chi connectivity index (χ1n) is 2.82. The van der Waals surface area contributed by atoms with Crippen LogP contribution >= 0.6 is 0 Å². The second kappa shape index (κ2) is 1.99. The van der Waals surface area contributed by atoms with Crippen LogP contribution in [0.5, 0.6) is 0 Å². The molecular formula is C5H11FN2. The van der Waals surface area contributed by atoms with Crippen LogP contribution in [-0.2, 0) is 0 Å². The maximum Gasteiger partial charge on any atom is 0.109 e. The first-order chi connectivity index (χ1) is 3.77. The normalized spacial score (nSPS) is 38.2. The maximum atomic E-state index is 11.9. The van der Waals surface area contributed by atoms with Gasteiger partial charge in [-0.1, -0.05) is 0 Å². The fraction of sp³-hybridized carbons (Fsp3) is 1.00. The van der Waals surface area contributed by atoms with Gasteiger partial charge in [0.15, 0.2) is 0 Å². The van der Waals surface area contributed by atoms with E-state index in [9.17, 15) is 4.39 Å². The summed E-state index contributed by atoms with van der Waals surface area (Å²) < 4.78 is 11.9. The minimum Gasteiger partial charge on any atom is -0.322 e. The number of hydrogen-bond donors (Lipinski definition) is 2. The highest BCUT2D eigenvalue weighted by Gasteiger charge is 2.28. The Morgan fingerprint density at radius 1 is 1.75 bits per heavy atom. The van der Waals surface area contributed by atoms with Crippen LogP contribution in [0.15, 0.2) is 0 Å². The predicted molar refractivity (Wildman–Crippen MR) is 30.4 cm³/mol. The molecule has 0 aromatic carbocycles. The quantitative estimate of drug-likeness (QED) is 0.493. The van der Waals surface area contributed by atoms with E-state index < -0.39 is 12.2 Å². The fourth-order valence-electron chi connectivity index (χ4n) is 0.877. The Labute approximate surface area is 48.2 Å². The van der Waals surface area contributed by atoms with Crippen molar-refractivity contribution < 1.29 is 4.39 Å². The van der Waals surface area contributed by atoms with Gasteiger partial charge in [-0.25, -0.2) is 4.39 Å². The summed E-state index contributed by atoms with van der Waals surface area (Å²) in [5.41, 5.74) is 4.98. The number of alkyl halides is 1. The molecule has 1 aliphatic rings. The predicted octanol–water partition coefficient (Wildman–Crippen LogP) is -0.353. The van der Waals surface area contributed by atoms with Crippen molar-refractivity contribution in [3.8, 4) is 0 Å². The first kappa shape index (κ1) is 5.98. The zero-order valence-electron chi connectivity index (χ0n) is 4.78. The highest BCUT2D eigenvalue weighted by Crippen LogP contribution is 2.10. The van der Waals surface area contributed by atoms with Crippen molar-refractivity contribution in [2.24, 2.45) is 5.73 Å². The van der Waals surface area contributed by atoms with Crippen LogP contribution in [-0.4, -0.2) is 25.3 Å². The van der Waals surface area contributed by atoms with Crippen LogP contribution in [0.2, 0.25) is 0 Å². The smallest absolute Gasteiger partial charge is 0.109 e. The first-order valence-corrected chi connectivity index (χ1v) is 2.82. The molecule has 0 aromatic heterocycles. The van der Waals surface area contributed by atoms with Crippen molar-refractivity contribution in [1.29, 1.82) is 0 Å². The zero-order valence-corrected chi connectivity index (χ0v) is 4.78. The van der Waals surface area contributed by atoms with E-state index >= 15 is 0 Å². The third-order valence-electron chi connectivity index (χ3n) is 1.54. The van der Waals surface area contributed by atoms with Gasteiger partial charge in [-0.05, 0) is 13.0 Å². The van der Waals surface area contributed by atoms with Crippen LogP contribution in [0.3, 0.4) is 0 Å². The van der Waals surface area contributed by atoms with Gasteiger partial charge in [-0.3, -0.25) is 0 Å². The van der Waals surface area contributed by atoms with Crippen molar-refractivity contribution in [1.82, 2.24) is 5.32 Å². The molecule has 0 saturated carbocycles. The minimum atomic E-state index is -0.542. The summed E-state index contributed by atoms with van der Waals surface area (Å²) in [6.45, 7) is 1.09. The third kappa shape index (κ3) is 0.980. The van der Waals surface area contributed by atoms with E-state index in [2.05, 4.69) is 5.32 Å². The van der Waals surface area contributed by atoms with Gasteiger partial charge in [0.1, 0.15) is 6.67 Å². The highest BCUT2D eigenvalue weighted by molar-refractivity contribution is 4.91. The second-order valence-corrected chi connectivity index (χ2v) is 2.42. The topological polar surface area (TPSA) is 38.0 Å². The van der Waals surface area contributed by atoms with Crippen molar-refractivity contribution in [2.45, 2.75) is 12.0 Å². The molecule has 3 N–H and O–H groups in total. The molecule has 1 unspecified atom stereocenters. The molecule has 0 aliphatic carbocycles. The van der Waals surface area contributed by atoms with Gasteiger partial charge in [0.2, 0.25) is 0 Å². The molecule has 1 heterocycles. The molecule has 1 saturated heterocycles. The summed E-state index contributed by atoms with van der Waals surface area (Å²) in [7, 11) is 0. The van der Waals surface area contributed by atoms with Gasteiger partial charge in [0, 0.05) is 6.54 Å². The molecule has 1 aliphatic heterocycles. The molecule has 0 bridgehead atoms. The van der Waals surface area contributed by atoms with Gasteiger partial charge < -0.3 is 11.1 Å². The van der Waals surface area contributed by atoms with Gasteiger partial charge in [0.25, 0.3) is 0 Å². The summed E-state index contributed by atoms with van der Waals surface area (Å²) in [5, 5.41) is 3.00. The van der Waals surface area contributed by atoms with Gasteiger partial charge in [-0.2, -0.15) is 0 Å². The van der Waals surface area contributed by atoms with E-state index in [1.54, 1.807) is 0 Å². The van der Waals surface area contributed by atoms with E-state index in [-0.39, 0.29) is 0 Å². The summed E-state index contributed by atoms with van der Waals surface area (Å²) in [5.74, 6) is 0. The summed E-state index contributed by atoms with van der Waals surface area (Å²) >= 11 is 0. The van der Waals surface area contributed by atoms with Crippen molar-refractivity contribution in [3.63, 3.8) is 0 Å². The molecule has 0 spiro atoms. The Morgan fingerprint density at radius 3 is 2.75 bits per heavy atom. The SMILES string of the molecule is NC1(CF)CCNC1. The lowest BCUT2D eigenvalue weighted by Crippen LogP contribution is -2.43. The molecule has 2 nitrogen and oxygen atoms in total. The van der Waals surface area contributed by atoms with Crippen LogP contribution in [0, 0.1) is 0 Å². The van der Waals surface area contributed by atoms with E-state index in [4.69, 9.17) is 5.73 Å². The lowest BCUT2D eigenvalue weighted by atomic mass is 10.0. The molecule has 8 heavy (non-hydrogen) atoms. The minimum absolute atomic E-state index is 0.403. The zero-order chi connectivity index (χ0) is 6.04. The molecule has 48 valence electrons. The summed E-state index contributed by atoms with van der Waals surface area (Å²) in [6.07, 6.45) is 0.767. The van der Waals surface area contributed by atoms with Crippen LogP contribution < -0.4 is 11.1 Å². The van der Waals surface area contributed by atoms with Gasteiger partial charge in [0.05, 0.1) is 5.54 Å². The van der Waals surface area contributed by atoms with E-state index in [1.807, 2.05) is 0 Å². The molecule has 3 heteroatoms. The number of rotatable bonds is 1. The number of halogens is 1. The number of nitrogens with two attached hydrogens (primary N) is 1. The van der Waals surface area contributed by atoms with Crippen molar-refractivity contribution in [2.75, 3.05) is 19.8 Å². The Balaban J connectivity index is 2.40. The van der Waals surface area contributed by atoms with E-state index in [0.717, 1.165) is 13.0 Å². The van der Waals surface area contributed by atoms with E-state index in [0.29, 0.717) is 6.54 Å². The van der Waals surface area contributed by atoms with Crippen LogP contribution in [0.4, 0.5) is 4.39 Å². The molecular weight excluding hydrogens is 107 g/mol. The molecule has 1 fully saturated rings. The average Bonchev–Trinajstić information content (AvgIpc) is 2.17. The largest absolute Gasteiger partial charge is 0.322 e. The molecule has 0 amide bonds. The molecule has 1 rings (SSSR count). The standard InChI is InChI=1S/C5H11FN2/c6-3-5(7)1-2-8-4-5/h8H,1-4,7H2. The van der Waals surface area contributed by atoms with Gasteiger partial charge >= 0.3 is 0 Å². The Bertz CT molecular complexity index is 78.5. The monoisotopic (exact) mass is 118 g/mol. The summed E-state index contributed by atoms with van der Waals surface area (Å²) in [6, 6.07) is 0. The fourth-order valence-corrected chi connectivity index (χ4v) is 0.877. The molecule has 0 radical (unpaired) electrons. The molecule has 0 aromatic rings.